The zero-order valence-electron chi connectivity index (χ0n) is 8.14. The Morgan fingerprint density at radius 1 is 1.57 bits per heavy atom. The van der Waals surface area contributed by atoms with E-state index in [1.165, 1.54) is 4.90 Å². The van der Waals surface area contributed by atoms with Gasteiger partial charge in [0.1, 0.15) is 6.04 Å². The van der Waals surface area contributed by atoms with Crippen molar-refractivity contribution in [1.29, 1.82) is 0 Å². The molecular formula is C9H13NO3S. The summed E-state index contributed by atoms with van der Waals surface area (Å²) in [4.78, 5) is 24.0. The topological polar surface area (TPSA) is 57.6 Å². The van der Waals surface area contributed by atoms with Crippen LogP contribution in [0.4, 0.5) is 0 Å². The Hall–Kier alpha value is -0.710. The fourth-order valence-electron chi connectivity index (χ4n) is 2.14. The Kier molecular flexibility index (Phi) is 2.21. The summed E-state index contributed by atoms with van der Waals surface area (Å²) in [6, 6.07) is -0.607. The molecule has 0 aromatic heterocycles. The summed E-state index contributed by atoms with van der Waals surface area (Å²) in [5, 5.41) is 9.13. The molecule has 2 aliphatic rings. The maximum absolute atomic E-state index is 11.5. The molecule has 0 aromatic rings. The number of amides is 1. The van der Waals surface area contributed by atoms with Crippen molar-refractivity contribution in [2.75, 3.05) is 5.75 Å². The van der Waals surface area contributed by atoms with Crippen LogP contribution >= 0.6 is 11.8 Å². The molecule has 1 N–H and O–H groups in total. The molecule has 1 unspecified atom stereocenters. The standard InChI is InChI=1S/C9H13NO3S/c1-4-3-14-8-5(2)7(11)10(8)6(4)9(12)13/h4-6,8H,3H2,1-2H3,(H,12,13)/t4?,5-,6-,8-/m1/s1. The molecule has 5 heteroatoms. The van der Waals surface area contributed by atoms with E-state index in [9.17, 15) is 9.59 Å². The fourth-order valence-corrected chi connectivity index (χ4v) is 3.62. The number of aliphatic carboxylic acids is 1. The molecule has 0 bridgehead atoms. The van der Waals surface area contributed by atoms with E-state index in [0.29, 0.717) is 0 Å². The third-order valence-corrected chi connectivity index (χ3v) is 4.66. The summed E-state index contributed by atoms with van der Waals surface area (Å²) in [5.41, 5.74) is 0. The lowest BCUT2D eigenvalue weighted by Crippen LogP contribution is -2.68. The van der Waals surface area contributed by atoms with Crippen LogP contribution in [0.1, 0.15) is 13.8 Å². The molecule has 2 saturated heterocycles. The lowest BCUT2D eigenvalue weighted by atomic mass is 9.92. The SMILES string of the molecule is CC1CS[C@@H]2[C@H](C)C(=O)N2[C@H]1C(=O)O. The minimum absolute atomic E-state index is 0.00523. The second kappa shape index (κ2) is 3.15. The number of β-lactam (4-membered cyclic amide) rings is 1. The first-order chi connectivity index (χ1) is 6.54. The number of hydrogen-bond donors (Lipinski definition) is 1. The molecule has 2 fully saturated rings. The Bertz CT molecular complexity index is 294. The van der Waals surface area contributed by atoms with Gasteiger partial charge >= 0.3 is 5.97 Å². The van der Waals surface area contributed by atoms with E-state index in [4.69, 9.17) is 5.11 Å². The number of fused-ring (bicyclic) bond motifs is 1. The Morgan fingerprint density at radius 3 is 2.79 bits per heavy atom. The van der Waals surface area contributed by atoms with Gasteiger partial charge in [-0.25, -0.2) is 4.79 Å². The molecule has 4 nitrogen and oxygen atoms in total. The van der Waals surface area contributed by atoms with Crippen LogP contribution in [0.5, 0.6) is 0 Å². The van der Waals surface area contributed by atoms with Crippen LogP contribution in [-0.4, -0.2) is 39.1 Å². The molecule has 14 heavy (non-hydrogen) atoms. The number of rotatable bonds is 1. The highest BCUT2D eigenvalue weighted by atomic mass is 32.2. The maximum Gasteiger partial charge on any atom is 0.326 e. The van der Waals surface area contributed by atoms with E-state index in [-0.39, 0.29) is 23.1 Å². The first-order valence-electron chi connectivity index (χ1n) is 4.70. The van der Waals surface area contributed by atoms with Crippen LogP contribution < -0.4 is 0 Å². The van der Waals surface area contributed by atoms with Crippen molar-refractivity contribution in [3.05, 3.63) is 0 Å². The van der Waals surface area contributed by atoms with Crippen molar-refractivity contribution in [2.45, 2.75) is 25.3 Å². The van der Waals surface area contributed by atoms with Gasteiger partial charge in [0, 0.05) is 5.75 Å². The van der Waals surface area contributed by atoms with Gasteiger partial charge in [-0.2, -0.15) is 0 Å². The van der Waals surface area contributed by atoms with E-state index in [0.717, 1.165) is 5.75 Å². The van der Waals surface area contributed by atoms with Crippen LogP contribution in [0.2, 0.25) is 0 Å². The first kappa shape index (κ1) is 9.83. The van der Waals surface area contributed by atoms with Gasteiger partial charge in [-0.05, 0) is 5.92 Å². The van der Waals surface area contributed by atoms with Gasteiger partial charge in [-0.1, -0.05) is 13.8 Å². The highest BCUT2D eigenvalue weighted by molar-refractivity contribution is 8.00. The highest BCUT2D eigenvalue weighted by Crippen LogP contribution is 2.43. The lowest BCUT2D eigenvalue weighted by molar-refractivity contribution is -0.166. The predicted octanol–water partition coefficient (Wildman–Crippen LogP) is 0.627. The Labute approximate surface area is 86.6 Å². The van der Waals surface area contributed by atoms with E-state index in [2.05, 4.69) is 0 Å². The molecule has 2 rings (SSSR count). The molecular weight excluding hydrogens is 202 g/mol. The van der Waals surface area contributed by atoms with Crippen LogP contribution in [-0.2, 0) is 9.59 Å². The summed E-state index contributed by atoms with van der Waals surface area (Å²) in [6.07, 6.45) is 0. The largest absolute Gasteiger partial charge is 0.480 e. The number of carboxylic acids is 1. The highest BCUT2D eigenvalue weighted by Gasteiger charge is 2.54. The fraction of sp³-hybridized carbons (Fsp3) is 0.778. The average Bonchev–Trinajstić information content (AvgIpc) is 2.15. The number of carbonyl (C=O) groups excluding carboxylic acids is 1. The van der Waals surface area contributed by atoms with Gasteiger partial charge in [0.15, 0.2) is 0 Å². The third-order valence-electron chi connectivity index (χ3n) is 2.97. The summed E-state index contributed by atoms with van der Waals surface area (Å²) in [5.74, 6) is -0.0144. The van der Waals surface area contributed by atoms with E-state index in [1.54, 1.807) is 11.8 Å². The first-order valence-corrected chi connectivity index (χ1v) is 5.75. The Balaban J connectivity index is 2.21. The number of carbonyl (C=O) groups is 2. The van der Waals surface area contributed by atoms with Crippen molar-refractivity contribution in [1.82, 2.24) is 4.90 Å². The molecule has 1 amide bonds. The number of nitrogens with zero attached hydrogens (tertiary/aromatic N) is 1. The molecule has 0 radical (unpaired) electrons. The average molecular weight is 215 g/mol. The number of hydrogen-bond acceptors (Lipinski definition) is 3. The number of carboxylic acid groups (broad SMARTS) is 1. The number of thioether (sulfide) groups is 1. The van der Waals surface area contributed by atoms with Gasteiger partial charge in [-0.3, -0.25) is 4.79 Å². The minimum atomic E-state index is -0.872. The summed E-state index contributed by atoms with van der Waals surface area (Å²) in [7, 11) is 0. The molecule has 0 spiro atoms. The molecule has 78 valence electrons. The minimum Gasteiger partial charge on any atom is -0.480 e. The van der Waals surface area contributed by atoms with Crippen molar-refractivity contribution in [2.24, 2.45) is 11.8 Å². The van der Waals surface area contributed by atoms with Gasteiger partial charge in [0.2, 0.25) is 5.91 Å². The van der Waals surface area contributed by atoms with Gasteiger partial charge in [0.25, 0.3) is 0 Å². The van der Waals surface area contributed by atoms with Gasteiger partial charge < -0.3 is 10.0 Å². The zero-order valence-corrected chi connectivity index (χ0v) is 8.95. The normalized spacial score (nSPS) is 41.6. The van der Waals surface area contributed by atoms with Crippen LogP contribution in [0.3, 0.4) is 0 Å². The third kappa shape index (κ3) is 1.15. The quantitative estimate of drug-likeness (QED) is 0.652. The summed E-state index contributed by atoms with van der Waals surface area (Å²) >= 11 is 1.70. The van der Waals surface area contributed by atoms with Crippen LogP contribution in [0.15, 0.2) is 0 Å². The van der Waals surface area contributed by atoms with Gasteiger partial charge in [-0.15, -0.1) is 11.8 Å². The zero-order chi connectivity index (χ0) is 10.5. The molecule has 2 heterocycles. The molecule has 4 atom stereocenters. The van der Waals surface area contributed by atoms with Crippen LogP contribution in [0, 0.1) is 11.8 Å². The molecule has 0 saturated carbocycles. The lowest BCUT2D eigenvalue weighted by Gasteiger charge is -2.53. The van der Waals surface area contributed by atoms with Crippen molar-refractivity contribution >= 4 is 23.6 Å². The monoisotopic (exact) mass is 215 g/mol. The predicted molar refractivity (Wildman–Crippen MR) is 52.8 cm³/mol. The van der Waals surface area contributed by atoms with Crippen molar-refractivity contribution in [3.63, 3.8) is 0 Å². The van der Waals surface area contributed by atoms with Crippen LogP contribution in [0.25, 0.3) is 0 Å². The smallest absolute Gasteiger partial charge is 0.326 e. The summed E-state index contributed by atoms with van der Waals surface area (Å²) < 4.78 is 0. The van der Waals surface area contributed by atoms with Gasteiger partial charge in [0.05, 0.1) is 11.3 Å². The summed E-state index contributed by atoms with van der Waals surface area (Å²) in [6.45, 7) is 3.75. The molecule has 0 aliphatic carbocycles. The Morgan fingerprint density at radius 2 is 2.21 bits per heavy atom. The second-order valence-corrected chi connectivity index (χ2v) is 5.17. The molecule has 0 aromatic carbocycles. The van der Waals surface area contributed by atoms with E-state index >= 15 is 0 Å². The van der Waals surface area contributed by atoms with E-state index in [1.807, 2.05) is 13.8 Å². The van der Waals surface area contributed by atoms with Crippen molar-refractivity contribution in [3.8, 4) is 0 Å². The second-order valence-electron chi connectivity index (χ2n) is 4.02. The maximum atomic E-state index is 11.5. The van der Waals surface area contributed by atoms with Crippen molar-refractivity contribution < 1.29 is 14.7 Å². The van der Waals surface area contributed by atoms with E-state index < -0.39 is 12.0 Å². The molecule has 2 aliphatic heterocycles.